The number of carbonyl (C=O) groups excluding carboxylic acids is 1. The molecule has 1 aliphatic heterocycles. The van der Waals surface area contributed by atoms with E-state index in [9.17, 15) is 4.79 Å². The van der Waals surface area contributed by atoms with E-state index in [-0.39, 0.29) is 5.91 Å². The maximum atomic E-state index is 12.6. The molecule has 5 rings (SSSR count). The fourth-order valence-electron chi connectivity index (χ4n) is 4.65. The Morgan fingerprint density at radius 1 is 1.14 bits per heavy atom. The molecule has 0 spiro atoms. The molecule has 0 atom stereocenters. The van der Waals surface area contributed by atoms with Crippen LogP contribution in [0.15, 0.2) is 11.4 Å². The van der Waals surface area contributed by atoms with Gasteiger partial charge in [0.2, 0.25) is 5.91 Å². The number of aromatic nitrogens is 3. The third-order valence-electron chi connectivity index (χ3n) is 6.06. The molecule has 0 bridgehead atoms. The SMILES string of the molecule is CC(C)c1nc2sc3c(SCC(=O)N4CCCCC4)ncnc3c2c2c1CCC2. The first-order chi connectivity index (χ1) is 14.1. The molecular formula is C22H26N4OS2. The minimum absolute atomic E-state index is 0.226. The van der Waals surface area contributed by atoms with Gasteiger partial charge in [-0.2, -0.15) is 0 Å². The van der Waals surface area contributed by atoms with Crippen LogP contribution in [0.2, 0.25) is 0 Å². The predicted octanol–water partition coefficient (Wildman–Crippen LogP) is 4.96. The van der Waals surface area contributed by atoms with Crippen LogP contribution in [0.25, 0.3) is 20.4 Å². The first-order valence-electron chi connectivity index (χ1n) is 10.6. The Kier molecular flexibility index (Phi) is 5.20. The first-order valence-corrected chi connectivity index (χ1v) is 12.4. The number of rotatable bonds is 4. The van der Waals surface area contributed by atoms with Gasteiger partial charge in [0.25, 0.3) is 0 Å². The van der Waals surface area contributed by atoms with Gasteiger partial charge in [0, 0.05) is 24.2 Å². The number of piperidine rings is 1. The van der Waals surface area contributed by atoms with E-state index in [1.807, 2.05) is 4.90 Å². The third kappa shape index (κ3) is 3.42. The summed E-state index contributed by atoms with van der Waals surface area (Å²) in [7, 11) is 0. The predicted molar refractivity (Wildman–Crippen MR) is 120 cm³/mol. The number of thioether (sulfide) groups is 1. The van der Waals surface area contributed by atoms with E-state index >= 15 is 0 Å². The number of hydrogen-bond acceptors (Lipinski definition) is 6. The monoisotopic (exact) mass is 426 g/mol. The molecule has 0 N–H and O–H groups in total. The minimum atomic E-state index is 0.226. The zero-order valence-corrected chi connectivity index (χ0v) is 18.7. The van der Waals surface area contributed by atoms with Crippen molar-refractivity contribution in [2.24, 2.45) is 0 Å². The van der Waals surface area contributed by atoms with Gasteiger partial charge in [0.05, 0.1) is 16.0 Å². The van der Waals surface area contributed by atoms with E-state index in [0.29, 0.717) is 11.7 Å². The quantitative estimate of drug-likeness (QED) is 0.436. The van der Waals surface area contributed by atoms with Crippen LogP contribution in [0.1, 0.15) is 62.3 Å². The molecule has 4 heterocycles. The lowest BCUT2D eigenvalue weighted by atomic mass is 9.99. The summed E-state index contributed by atoms with van der Waals surface area (Å²) >= 11 is 3.24. The van der Waals surface area contributed by atoms with E-state index in [0.717, 1.165) is 58.8 Å². The average molecular weight is 427 g/mol. The van der Waals surface area contributed by atoms with Crippen molar-refractivity contribution >= 4 is 49.4 Å². The highest BCUT2D eigenvalue weighted by Gasteiger charge is 2.25. The van der Waals surface area contributed by atoms with Crippen molar-refractivity contribution in [1.29, 1.82) is 0 Å². The van der Waals surface area contributed by atoms with Crippen molar-refractivity contribution in [2.75, 3.05) is 18.8 Å². The Morgan fingerprint density at radius 3 is 2.72 bits per heavy atom. The molecule has 1 saturated heterocycles. The second-order valence-electron chi connectivity index (χ2n) is 8.33. The Bertz CT molecular complexity index is 1090. The molecule has 3 aromatic heterocycles. The van der Waals surface area contributed by atoms with E-state index in [4.69, 9.17) is 4.98 Å². The number of pyridine rings is 1. The lowest BCUT2D eigenvalue weighted by Gasteiger charge is -2.26. The number of thiophene rings is 1. The molecule has 1 amide bonds. The number of likely N-dealkylation sites (tertiary alicyclic amines) is 1. The normalized spacial score (nSPS) is 16.9. The van der Waals surface area contributed by atoms with Crippen molar-refractivity contribution < 1.29 is 4.79 Å². The molecule has 0 unspecified atom stereocenters. The zero-order chi connectivity index (χ0) is 20.0. The van der Waals surface area contributed by atoms with Gasteiger partial charge in [0.15, 0.2) is 0 Å². The van der Waals surface area contributed by atoms with E-state index < -0.39 is 0 Å². The van der Waals surface area contributed by atoms with Gasteiger partial charge in [-0.25, -0.2) is 15.0 Å². The van der Waals surface area contributed by atoms with Crippen LogP contribution in [-0.2, 0) is 17.6 Å². The summed E-state index contributed by atoms with van der Waals surface area (Å²) in [6, 6.07) is 0. The Labute approximate surface area is 179 Å². The topological polar surface area (TPSA) is 59.0 Å². The third-order valence-corrected chi connectivity index (χ3v) is 8.24. The second kappa shape index (κ2) is 7.84. The molecule has 1 aliphatic carbocycles. The van der Waals surface area contributed by atoms with Crippen LogP contribution in [0, 0.1) is 0 Å². The second-order valence-corrected chi connectivity index (χ2v) is 10.3. The minimum Gasteiger partial charge on any atom is -0.342 e. The molecule has 0 saturated carbocycles. The van der Waals surface area contributed by atoms with Gasteiger partial charge in [-0.05, 0) is 55.6 Å². The smallest absolute Gasteiger partial charge is 0.232 e. The van der Waals surface area contributed by atoms with Crippen molar-refractivity contribution in [3.63, 3.8) is 0 Å². The molecule has 29 heavy (non-hydrogen) atoms. The van der Waals surface area contributed by atoms with Crippen LogP contribution in [0.3, 0.4) is 0 Å². The van der Waals surface area contributed by atoms with Crippen LogP contribution in [-0.4, -0.2) is 44.6 Å². The molecule has 5 nitrogen and oxygen atoms in total. The van der Waals surface area contributed by atoms with Gasteiger partial charge in [0.1, 0.15) is 16.2 Å². The molecule has 0 aromatic carbocycles. The Hall–Kier alpha value is -1.73. The lowest BCUT2D eigenvalue weighted by molar-refractivity contribution is -0.129. The van der Waals surface area contributed by atoms with Crippen LogP contribution < -0.4 is 0 Å². The van der Waals surface area contributed by atoms with Gasteiger partial charge in [-0.15, -0.1) is 11.3 Å². The van der Waals surface area contributed by atoms with Crippen LogP contribution in [0.4, 0.5) is 0 Å². The summed E-state index contributed by atoms with van der Waals surface area (Å²) in [5.41, 5.74) is 5.16. The summed E-state index contributed by atoms with van der Waals surface area (Å²) in [6.07, 6.45) is 8.57. The number of aryl methyl sites for hydroxylation is 1. The summed E-state index contributed by atoms with van der Waals surface area (Å²) in [4.78, 5) is 29.9. The number of fused-ring (bicyclic) bond motifs is 5. The van der Waals surface area contributed by atoms with Crippen molar-refractivity contribution in [3.8, 4) is 0 Å². The zero-order valence-electron chi connectivity index (χ0n) is 17.0. The standard InChI is InChI=1S/C22H26N4OS2/c1-13(2)18-15-8-6-7-14(15)17-19-20(29-21(17)25-18)22(24-12-23-19)28-11-16(27)26-9-4-3-5-10-26/h12-13H,3-11H2,1-2H3. The van der Waals surface area contributed by atoms with Crippen molar-refractivity contribution in [2.45, 2.75) is 63.3 Å². The Morgan fingerprint density at radius 2 is 1.93 bits per heavy atom. The molecular weight excluding hydrogens is 400 g/mol. The van der Waals surface area contributed by atoms with Gasteiger partial charge in [-0.1, -0.05) is 25.6 Å². The highest BCUT2D eigenvalue weighted by molar-refractivity contribution is 8.00. The maximum Gasteiger partial charge on any atom is 0.232 e. The van der Waals surface area contributed by atoms with Crippen molar-refractivity contribution in [3.05, 3.63) is 23.1 Å². The van der Waals surface area contributed by atoms with Gasteiger partial charge in [-0.3, -0.25) is 4.79 Å². The maximum absolute atomic E-state index is 12.6. The van der Waals surface area contributed by atoms with Crippen LogP contribution >= 0.6 is 23.1 Å². The summed E-state index contributed by atoms with van der Waals surface area (Å²) in [6.45, 7) is 6.26. The summed E-state index contributed by atoms with van der Waals surface area (Å²) in [5, 5.41) is 2.15. The molecule has 1 fully saturated rings. The Balaban J connectivity index is 1.52. The van der Waals surface area contributed by atoms with E-state index in [2.05, 4.69) is 23.8 Å². The molecule has 3 aromatic rings. The number of amides is 1. The van der Waals surface area contributed by atoms with E-state index in [1.54, 1.807) is 29.4 Å². The number of hydrogen-bond donors (Lipinski definition) is 0. The average Bonchev–Trinajstić information content (AvgIpc) is 3.36. The molecule has 7 heteroatoms. The van der Waals surface area contributed by atoms with E-state index in [1.165, 1.54) is 35.0 Å². The molecule has 152 valence electrons. The fourth-order valence-corrected chi connectivity index (χ4v) is 6.80. The van der Waals surface area contributed by atoms with Crippen molar-refractivity contribution in [1.82, 2.24) is 19.9 Å². The lowest BCUT2D eigenvalue weighted by Crippen LogP contribution is -2.36. The summed E-state index contributed by atoms with van der Waals surface area (Å²) < 4.78 is 1.08. The summed E-state index contributed by atoms with van der Waals surface area (Å²) in [5.74, 6) is 1.10. The fraction of sp³-hybridized carbons (Fsp3) is 0.545. The van der Waals surface area contributed by atoms with Crippen LogP contribution in [0.5, 0.6) is 0 Å². The van der Waals surface area contributed by atoms with Gasteiger partial charge >= 0.3 is 0 Å². The number of nitrogens with zero attached hydrogens (tertiary/aromatic N) is 4. The largest absolute Gasteiger partial charge is 0.342 e. The molecule has 2 aliphatic rings. The highest BCUT2D eigenvalue weighted by Crippen LogP contribution is 2.42. The first kappa shape index (κ1) is 19.2. The van der Waals surface area contributed by atoms with Gasteiger partial charge < -0.3 is 4.90 Å². The number of carbonyl (C=O) groups is 1. The molecule has 0 radical (unpaired) electrons. The highest BCUT2D eigenvalue weighted by atomic mass is 32.2.